The first-order valence-corrected chi connectivity index (χ1v) is 4.20. The van der Waals surface area contributed by atoms with Crippen molar-refractivity contribution in [3.8, 4) is 0 Å². The summed E-state index contributed by atoms with van der Waals surface area (Å²) in [4.78, 5) is 7.48. The van der Waals surface area contributed by atoms with Gasteiger partial charge in [-0.15, -0.1) is 0 Å². The van der Waals surface area contributed by atoms with E-state index in [-0.39, 0.29) is 1.43 Å². The molecule has 2 heteroatoms. The van der Waals surface area contributed by atoms with Crippen molar-refractivity contribution >= 4 is 11.0 Å². The van der Waals surface area contributed by atoms with E-state index in [9.17, 15) is 0 Å². The molecule has 0 aliphatic heterocycles. The minimum atomic E-state index is 0. The van der Waals surface area contributed by atoms with E-state index in [1.54, 1.807) is 0 Å². The highest BCUT2D eigenvalue weighted by molar-refractivity contribution is 5.75. The van der Waals surface area contributed by atoms with Gasteiger partial charge in [0.05, 0.1) is 11.0 Å². The lowest BCUT2D eigenvalue weighted by Crippen LogP contribution is -1.88. The first kappa shape index (κ1) is 7.35. The van der Waals surface area contributed by atoms with Gasteiger partial charge in [0.15, 0.2) is 0 Å². The first-order valence-electron chi connectivity index (χ1n) is 4.20. The summed E-state index contributed by atoms with van der Waals surface area (Å²) in [6.07, 6.45) is 3.86. The zero-order valence-corrected chi connectivity index (χ0v) is 7.33. The van der Waals surface area contributed by atoms with E-state index < -0.39 is 0 Å². The molecular formula is C10H14N2. The fourth-order valence-electron chi connectivity index (χ4n) is 1.27. The number of pyridine rings is 1. The lowest BCUT2D eigenvalue weighted by molar-refractivity contribution is 0.861. The Hall–Kier alpha value is -1.31. The second kappa shape index (κ2) is 2.63. The van der Waals surface area contributed by atoms with E-state index in [2.05, 4.69) is 29.9 Å². The predicted molar refractivity (Wildman–Crippen MR) is 52.3 cm³/mol. The molecule has 2 rings (SSSR count). The summed E-state index contributed by atoms with van der Waals surface area (Å²) >= 11 is 0. The molecule has 12 heavy (non-hydrogen) atoms. The zero-order valence-electron chi connectivity index (χ0n) is 7.33. The number of nitrogens with one attached hydrogen (secondary N) is 1. The maximum atomic E-state index is 4.33. The highest BCUT2D eigenvalue weighted by Gasteiger charge is 2.01. The normalized spacial score (nSPS) is 11.2. The molecule has 2 nitrogen and oxygen atoms in total. The van der Waals surface area contributed by atoms with Crippen LogP contribution in [0.1, 0.15) is 26.8 Å². The molecule has 2 aromatic heterocycles. The first-order chi connectivity index (χ1) is 5.77. The van der Waals surface area contributed by atoms with Gasteiger partial charge in [-0.25, -0.2) is 0 Å². The van der Waals surface area contributed by atoms with Gasteiger partial charge in [0.25, 0.3) is 0 Å². The molecule has 0 aromatic carbocycles. The summed E-state index contributed by atoms with van der Waals surface area (Å²) in [5, 5.41) is 0. The number of rotatable bonds is 1. The Morgan fingerprint density at radius 2 is 2.33 bits per heavy atom. The van der Waals surface area contributed by atoms with E-state index in [4.69, 9.17) is 0 Å². The second-order valence-corrected chi connectivity index (χ2v) is 3.33. The van der Waals surface area contributed by atoms with Crippen LogP contribution in [0.3, 0.4) is 0 Å². The van der Waals surface area contributed by atoms with Gasteiger partial charge in [0.1, 0.15) is 0 Å². The average molecular weight is 162 g/mol. The number of nitrogens with zero attached hydrogens (tertiary/aromatic N) is 1. The highest BCUT2D eigenvalue weighted by atomic mass is 14.7. The molecule has 0 radical (unpaired) electrons. The smallest absolute Gasteiger partial charge is 0.0878 e. The highest BCUT2D eigenvalue weighted by Crippen LogP contribution is 2.17. The molecule has 0 aliphatic rings. The molecule has 0 atom stereocenters. The molecule has 0 bridgehead atoms. The van der Waals surface area contributed by atoms with Crippen molar-refractivity contribution in [3.05, 3.63) is 30.1 Å². The van der Waals surface area contributed by atoms with Crippen molar-refractivity contribution in [1.29, 1.82) is 0 Å². The van der Waals surface area contributed by atoms with Crippen molar-refractivity contribution in [2.45, 2.75) is 19.8 Å². The zero-order chi connectivity index (χ0) is 8.55. The molecule has 0 saturated carbocycles. The molecule has 0 unspecified atom stereocenters. The van der Waals surface area contributed by atoms with Crippen LogP contribution >= 0.6 is 0 Å². The number of H-pyrrole nitrogens is 1. The molecule has 2 aromatic rings. The molecule has 64 valence electrons. The van der Waals surface area contributed by atoms with Crippen LogP contribution in [0.5, 0.6) is 0 Å². The lowest BCUT2D eigenvalue weighted by atomic mass is 10.1. The summed E-state index contributed by atoms with van der Waals surface area (Å²) < 4.78 is 0. The molecule has 0 fully saturated rings. The molecular weight excluding hydrogens is 148 g/mol. The molecule has 0 spiro atoms. The molecule has 0 aliphatic carbocycles. The molecule has 0 saturated heterocycles. The van der Waals surface area contributed by atoms with Crippen LogP contribution in [0.25, 0.3) is 11.0 Å². The number of hydrogen-bond acceptors (Lipinski definition) is 1. The Bertz CT molecular complexity index is 392. The van der Waals surface area contributed by atoms with Gasteiger partial charge in [-0.1, -0.05) is 13.8 Å². The predicted octanol–water partition coefficient (Wildman–Crippen LogP) is 2.93. The molecule has 1 N–H and O–H groups in total. The van der Waals surface area contributed by atoms with Gasteiger partial charge in [-0.2, -0.15) is 0 Å². The van der Waals surface area contributed by atoms with Crippen LogP contribution in [-0.2, 0) is 0 Å². The maximum Gasteiger partial charge on any atom is 0.0878 e. The number of fused-ring (bicyclic) bond motifs is 1. The van der Waals surface area contributed by atoms with Crippen LogP contribution in [-0.4, -0.2) is 9.97 Å². The third-order valence-corrected chi connectivity index (χ3v) is 2.09. The fourth-order valence-corrected chi connectivity index (χ4v) is 1.27. The summed E-state index contributed by atoms with van der Waals surface area (Å²) in [7, 11) is 0. The topological polar surface area (TPSA) is 28.7 Å². The summed E-state index contributed by atoms with van der Waals surface area (Å²) in [5.74, 6) is 0.546. The van der Waals surface area contributed by atoms with Crippen LogP contribution in [0, 0.1) is 0 Å². The van der Waals surface area contributed by atoms with E-state index in [1.807, 2.05) is 18.5 Å². The van der Waals surface area contributed by atoms with E-state index >= 15 is 0 Å². The van der Waals surface area contributed by atoms with E-state index in [1.165, 1.54) is 5.56 Å². The molecule has 0 amide bonds. The summed E-state index contributed by atoms with van der Waals surface area (Å²) in [5.41, 5.74) is 3.45. The summed E-state index contributed by atoms with van der Waals surface area (Å²) in [6, 6.07) is 4.15. The van der Waals surface area contributed by atoms with Crippen LogP contribution in [0.15, 0.2) is 24.5 Å². The Morgan fingerprint density at radius 1 is 1.50 bits per heavy atom. The van der Waals surface area contributed by atoms with Gasteiger partial charge in [0.2, 0.25) is 0 Å². The van der Waals surface area contributed by atoms with Crippen molar-refractivity contribution in [3.63, 3.8) is 0 Å². The van der Waals surface area contributed by atoms with Gasteiger partial charge in [-0.05, 0) is 23.6 Å². The van der Waals surface area contributed by atoms with Gasteiger partial charge in [-0.3, -0.25) is 4.98 Å². The van der Waals surface area contributed by atoms with Crippen molar-refractivity contribution in [1.82, 2.24) is 9.97 Å². The van der Waals surface area contributed by atoms with Gasteiger partial charge >= 0.3 is 0 Å². The third kappa shape index (κ3) is 1.09. The average Bonchev–Trinajstić information content (AvgIpc) is 2.49. The SMILES string of the molecule is CC(C)c1cnc2cc[nH]c2c1.[HH]. The van der Waals surface area contributed by atoms with Gasteiger partial charge < -0.3 is 4.98 Å². The van der Waals surface area contributed by atoms with Crippen molar-refractivity contribution in [2.75, 3.05) is 0 Å². The quantitative estimate of drug-likeness (QED) is 0.686. The Balaban J connectivity index is 0.000000845. The minimum absolute atomic E-state index is 0. The Kier molecular flexibility index (Phi) is 1.61. The fraction of sp³-hybridized carbons (Fsp3) is 0.300. The van der Waals surface area contributed by atoms with Crippen molar-refractivity contribution < 1.29 is 1.43 Å². The lowest BCUT2D eigenvalue weighted by Gasteiger charge is -2.03. The van der Waals surface area contributed by atoms with Crippen LogP contribution in [0.4, 0.5) is 0 Å². The largest absolute Gasteiger partial charge is 0.360 e. The summed E-state index contributed by atoms with van der Waals surface area (Å²) in [6.45, 7) is 4.34. The molecule has 2 heterocycles. The Morgan fingerprint density at radius 3 is 3.08 bits per heavy atom. The Labute approximate surface area is 73.1 Å². The number of aromatic nitrogens is 2. The van der Waals surface area contributed by atoms with E-state index in [0.717, 1.165) is 11.0 Å². The number of aromatic amines is 1. The van der Waals surface area contributed by atoms with Crippen LogP contribution < -0.4 is 0 Å². The monoisotopic (exact) mass is 162 g/mol. The van der Waals surface area contributed by atoms with Crippen molar-refractivity contribution in [2.24, 2.45) is 0 Å². The third-order valence-electron chi connectivity index (χ3n) is 2.09. The van der Waals surface area contributed by atoms with E-state index in [0.29, 0.717) is 5.92 Å². The van der Waals surface area contributed by atoms with Crippen LogP contribution in [0.2, 0.25) is 0 Å². The maximum absolute atomic E-state index is 4.33. The minimum Gasteiger partial charge on any atom is -0.360 e. The number of hydrogen-bond donors (Lipinski definition) is 1. The second-order valence-electron chi connectivity index (χ2n) is 3.33. The van der Waals surface area contributed by atoms with Gasteiger partial charge in [0, 0.05) is 13.8 Å². The standard InChI is InChI=1S/C10H12N2.H2/c1-7(2)8-5-10-9(12-6-8)3-4-11-10;/h3-7,11H,1-2H3;1H.